The van der Waals surface area contributed by atoms with Crippen molar-refractivity contribution in [2.24, 2.45) is 0 Å². The van der Waals surface area contributed by atoms with Gasteiger partial charge in [-0.3, -0.25) is 4.90 Å². The van der Waals surface area contributed by atoms with Crippen LogP contribution in [0.1, 0.15) is 46.5 Å². The van der Waals surface area contributed by atoms with Gasteiger partial charge in [0.25, 0.3) is 0 Å². The van der Waals surface area contributed by atoms with Gasteiger partial charge in [-0.2, -0.15) is 0 Å². The molecule has 0 saturated carbocycles. The lowest BCUT2D eigenvalue weighted by molar-refractivity contribution is 0.0405. The average Bonchev–Trinajstić information content (AvgIpc) is 2.51. The maximum Gasteiger partial charge on any atom is 0.0594 e. The topological polar surface area (TPSA) is 35.9 Å². The van der Waals surface area contributed by atoms with E-state index < -0.39 is 0 Å². The van der Waals surface area contributed by atoms with Crippen molar-refractivity contribution in [3.05, 3.63) is 0 Å². The zero-order chi connectivity index (χ0) is 15.1. The molecule has 0 aromatic carbocycles. The molecule has 0 spiro atoms. The van der Waals surface area contributed by atoms with Crippen molar-refractivity contribution in [3.63, 3.8) is 0 Å². The van der Waals surface area contributed by atoms with Crippen molar-refractivity contribution in [1.82, 2.24) is 9.80 Å². The molecular formula is C16H36N2O2. The Bertz CT molecular complexity index is 177. The summed E-state index contributed by atoms with van der Waals surface area (Å²) in [5.74, 6) is 0. The van der Waals surface area contributed by atoms with Crippen LogP contribution in [-0.4, -0.2) is 74.0 Å². The first-order chi connectivity index (χ1) is 9.78. The number of aliphatic hydroxyl groups excluding tert-OH is 1. The number of ether oxygens (including phenoxy) is 1. The average molecular weight is 288 g/mol. The van der Waals surface area contributed by atoms with Crippen LogP contribution in [0.4, 0.5) is 0 Å². The molecule has 20 heavy (non-hydrogen) atoms. The fourth-order valence-electron chi connectivity index (χ4n) is 2.16. The molecular weight excluding hydrogens is 252 g/mol. The van der Waals surface area contributed by atoms with Gasteiger partial charge in [-0.1, -0.05) is 33.6 Å². The molecule has 1 heterocycles. The number of aliphatic hydroxyl groups is 1. The van der Waals surface area contributed by atoms with E-state index in [1.807, 2.05) is 0 Å². The molecule has 1 aliphatic heterocycles. The summed E-state index contributed by atoms with van der Waals surface area (Å²) < 4.78 is 5.16. The third-order valence-electron chi connectivity index (χ3n) is 3.62. The van der Waals surface area contributed by atoms with E-state index in [-0.39, 0.29) is 0 Å². The summed E-state index contributed by atoms with van der Waals surface area (Å²) in [5, 5.41) is 8.79. The van der Waals surface area contributed by atoms with Crippen LogP contribution < -0.4 is 0 Å². The third kappa shape index (κ3) is 11.6. The van der Waals surface area contributed by atoms with Crippen LogP contribution in [0, 0.1) is 0 Å². The van der Waals surface area contributed by atoms with Crippen molar-refractivity contribution in [3.8, 4) is 0 Å². The van der Waals surface area contributed by atoms with Gasteiger partial charge in [0.2, 0.25) is 0 Å². The van der Waals surface area contributed by atoms with Crippen LogP contribution in [0.25, 0.3) is 0 Å². The normalized spacial score (nSPS) is 16.1. The molecule has 0 aromatic rings. The monoisotopic (exact) mass is 288 g/mol. The second kappa shape index (κ2) is 15.2. The van der Waals surface area contributed by atoms with Crippen molar-refractivity contribution < 1.29 is 9.84 Å². The zero-order valence-corrected chi connectivity index (χ0v) is 13.9. The lowest BCUT2D eigenvalue weighted by Crippen LogP contribution is -2.35. The van der Waals surface area contributed by atoms with Crippen molar-refractivity contribution in [1.29, 1.82) is 0 Å². The summed E-state index contributed by atoms with van der Waals surface area (Å²) in [4.78, 5) is 4.75. The molecule has 0 aliphatic carbocycles. The molecule has 1 rings (SSSR count). The fraction of sp³-hybridized carbons (Fsp3) is 1.00. The molecule has 1 fully saturated rings. The van der Waals surface area contributed by atoms with Crippen molar-refractivity contribution >= 4 is 0 Å². The number of unbranched alkanes of at least 4 members (excludes halogenated alkanes) is 2. The van der Waals surface area contributed by atoms with E-state index in [9.17, 15) is 0 Å². The van der Waals surface area contributed by atoms with Gasteiger partial charge in [-0.25, -0.2) is 0 Å². The molecule has 0 bridgehead atoms. The molecule has 1 aliphatic rings. The standard InChI is InChI=1S/C10H23NO.C6H13NO/c1-3-5-7-11(9-10-12)8-6-4-2;1-2-7-3-5-8-6-4-7/h12H,3-10H2,1-2H3;2-6H2,1H3. The summed E-state index contributed by atoms with van der Waals surface area (Å²) in [5.41, 5.74) is 0. The summed E-state index contributed by atoms with van der Waals surface area (Å²) in [6.45, 7) is 15.3. The smallest absolute Gasteiger partial charge is 0.0594 e. The largest absolute Gasteiger partial charge is 0.395 e. The number of rotatable bonds is 9. The van der Waals surface area contributed by atoms with E-state index in [1.165, 1.54) is 32.2 Å². The second-order valence-electron chi connectivity index (χ2n) is 5.32. The highest BCUT2D eigenvalue weighted by Crippen LogP contribution is 1.98. The van der Waals surface area contributed by atoms with Crippen LogP contribution >= 0.6 is 0 Å². The molecule has 122 valence electrons. The number of hydrogen-bond acceptors (Lipinski definition) is 4. The lowest BCUT2D eigenvalue weighted by atomic mass is 10.2. The molecule has 1 N–H and O–H groups in total. The first kappa shape index (κ1) is 19.8. The zero-order valence-electron chi connectivity index (χ0n) is 13.9. The van der Waals surface area contributed by atoms with E-state index in [0.717, 1.165) is 45.9 Å². The molecule has 0 amide bonds. The fourth-order valence-corrected chi connectivity index (χ4v) is 2.16. The molecule has 4 nitrogen and oxygen atoms in total. The van der Waals surface area contributed by atoms with Gasteiger partial charge in [0.15, 0.2) is 0 Å². The Hall–Kier alpha value is -0.160. The Labute approximate surface area is 126 Å². The van der Waals surface area contributed by atoms with Crippen LogP contribution in [0.5, 0.6) is 0 Å². The second-order valence-corrected chi connectivity index (χ2v) is 5.32. The quantitative estimate of drug-likeness (QED) is 0.706. The maximum atomic E-state index is 8.79. The Balaban J connectivity index is 0.000000388. The van der Waals surface area contributed by atoms with Crippen LogP contribution in [0.3, 0.4) is 0 Å². The molecule has 0 unspecified atom stereocenters. The van der Waals surface area contributed by atoms with Gasteiger partial charge in [0.1, 0.15) is 0 Å². The van der Waals surface area contributed by atoms with Crippen LogP contribution in [0.15, 0.2) is 0 Å². The first-order valence-electron chi connectivity index (χ1n) is 8.41. The number of morpholine rings is 1. The van der Waals surface area contributed by atoms with Crippen LogP contribution in [-0.2, 0) is 4.74 Å². The highest BCUT2D eigenvalue weighted by atomic mass is 16.5. The van der Waals surface area contributed by atoms with E-state index in [0.29, 0.717) is 6.61 Å². The van der Waals surface area contributed by atoms with Crippen LogP contribution in [0.2, 0.25) is 0 Å². The van der Waals surface area contributed by atoms with Crippen molar-refractivity contribution in [2.45, 2.75) is 46.5 Å². The molecule has 0 atom stereocenters. The van der Waals surface area contributed by atoms with E-state index in [4.69, 9.17) is 9.84 Å². The molecule has 0 radical (unpaired) electrons. The third-order valence-corrected chi connectivity index (χ3v) is 3.62. The van der Waals surface area contributed by atoms with Gasteiger partial charge in [0, 0.05) is 19.6 Å². The number of nitrogens with zero attached hydrogens (tertiary/aromatic N) is 2. The Morgan fingerprint density at radius 2 is 1.50 bits per heavy atom. The lowest BCUT2D eigenvalue weighted by Gasteiger charge is -2.24. The first-order valence-corrected chi connectivity index (χ1v) is 8.41. The Kier molecular flexibility index (Phi) is 15.1. The van der Waals surface area contributed by atoms with Gasteiger partial charge in [-0.15, -0.1) is 0 Å². The predicted molar refractivity (Wildman–Crippen MR) is 86.3 cm³/mol. The molecule has 0 aromatic heterocycles. The van der Waals surface area contributed by atoms with Gasteiger partial charge in [-0.05, 0) is 32.5 Å². The summed E-state index contributed by atoms with van der Waals surface area (Å²) in [6.07, 6.45) is 5.00. The number of likely N-dealkylation sites (N-methyl/N-ethyl adjacent to an activating group) is 1. The summed E-state index contributed by atoms with van der Waals surface area (Å²) in [6, 6.07) is 0. The summed E-state index contributed by atoms with van der Waals surface area (Å²) >= 11 is 0. The van der Waals surface area contributed by atoms with E-state index >= 15 is 0 Å². The molecule has 1 saturated heterocycles. The maximum absolute atomic E-state index is 8.79. The van der Waals surface area contributed by atoms with Gasteiger partial charge < -0.3 is 14.7 Å². The van der Waals surface area contributed by atoms with Crippen molar-refractivity contribution in [2.75, 3.05) is 59.1 Å². The van der Waals surface area contributed by atoms with Gasteiger partial charge in [0.05, 0.1) is 19.8 Å². The Morgan fingerprint density at radius 1 is 0.950 bits per heavy atom. The minimum absolute atomic E-state index is 0.299. The summed E-state index contributed by atoms with van der Waals surface area (Å²) in [7, 11) is 0. The van der Waals surface area contributed by atoms with E-state index in [2.05, 4.69) is 30.6 Å². The SMILES string of the molecule is CCCCN(CCO)CCCC.CCN1CCOCC1. The highest BCUT2D eigenvalue weighted by Gasteiger charge is 2.05. The highest BCUT2D eigenvalue weighted by molar-refractivity contribution is 4.58. The van der Waals surface area contributed by atoms with E-state index in [1.54, 1.807) is 0 Å². The molecule has 4 heteroatoms. The number of hydrogen-bond donors (Lipinski definition) is 1. The minimum Gasteiger partial charge on any atom is -0.395 e. The van der Waals surface area contributed by atoms with Gasteiger partial charge >= 0.3 is 0 Å². The minimum atomic E-state index is 0.299. The Morgan fingerprint density at radius 3 is 1.85 bits per heavy atom. The predicted octanol–water partition coefficient (Wildman–Crippen LogP) is 2.22.